The van der Waals surface area contributed by atoms with Crippen LogP contribution in [0.15, 0.2) is 83.2 Å². The maximum Gasteiger partial charge on any atom is 0.253 e. The summed E-state index contributed by atoms with van der Waals surface area (Å²) < 4.78 is 27.1. The van der Waals surface area contributed by atoms with Gasteiger partial charge < -0.3 is 9.72 Å². The fourth-order valence-corrected chi connectivity index (χ4v) is 4.29. The zero-order valence-corrected chi connectivity index (χ0v) is 16.6. The number of carbonyl (C=O) groups is 1. The van der Waals surface area contributed by atoms with Crippen molar-refractivity contribution in [3.8, 4) is 0 Å². The van der Waals surface area contributed by atoms with Gasteiger partial charge in [0, 0.05) is 37.5 Å². The maximum atomic E-state index is 12.7. The third kappa shape index (κ3) is 3.98. The first-order chi connectivity index (χ1) is 13.9. The largest absolute Gasteiger partial charge is 0.348 e. The first kappa shape index (κ1) is 19.1. The molecule has 0 saturated heterocycles. The standard InChI is InChI=1S/C20H15ClN4O3S/c21-16-9-18(12-22-11-16)29(27,28)17-4-1-14(2-5-17)10-24-20(26)15-3-6-19-23-7-8-25(19)13-15/h1-9,11-13H,10H2,(H,24,26). The molecule has 0 atom stereocenters. The molecule has 0 unspecified atom stereocenters. The summed E-state index contributed by atoms with van der Waals surface area (Å²) in [5.41, 5.74) is 2.03. The van der Waals surface area contributed by atoms with E-state index in [1.807, 2.05) is 0 Å². The van der Waals surface area contributed by atoms with E-state index < -0.39 is 9.84 Å². The summed E-state index contributed by atoms with van der Waals surface area (Å²) in [5.74, 6) is -0.234. The van der Waals surface area contributed by atoms with Crippen LogP contribution in [-0.2, 0) is 16.4 Å². The maximum absolute atomic E-state index is 12.7. The van der Waals surface area contributed by atoms with Crippen LogP contribution in [0.2, 0.25) is 5.02 Å². The second-order valence-electron chi connectivity index (χ2n) is 6.28. The summed E-state index contributed by atoms with van der Waals surface area (Å²) in [6.07, 6.45) is 7.75. The summed E-state index contributed by atoms with van der Waals surface area (Å²) >= 11 is 5.84. The monoisotopic (exact) mass is 426 g/mol. The lowest BCUT2D eigenvalue weighted by molar-refractivity contribution is 0.0950. The van der Waals surface area contributed by atoms with Crippen molar-refractivity contribution in [2.75, 3.05) is 0 Å². The quantitative estimate of drug-likeness (QED) is 0.529. The molecule has 0 aliphatic carbocycles. The van der Waals surface area contributed by atoms with Gasteiger partial charge in [-0.05, 0) is 35.9 Å². The Labute approximate surface area is 171 Å². The van der Waals surface area contributed by atoms with E-state index in [9.17, 15) is 13.2 Å². The van der Waals surface area contributed by atoms with E-state index in [4.69, 9.17) is 11.6 Å². The number of hydrogen-bond acceptors (Lipinski definition) is 5. The minimum absolute atomic E-state index is 0.0287. The Morgan fingerprint density at radius 1 is 1.07 bits per heavy atom. The van der Waals surface area contributed by atoms with Crippen molar-refractivity contribution in [2.45, 2.75) is 16.3 Å². The second kappa shape index (κ2) is 7.65. The Hall–Kier alpha value is -3.23. The van der Waals surface area contributed by atoms with Crippen LogP contribution in [0.25, 0.3) is 5.65 Å². The lowest BCUT2D eigenvalue weighted by atomic mass is 10.2. The van der Waals surface area contributed by atoms with Crippen molar-refractivity contribution in [1.82, 2.24) is 19.7 Å². The second-order valence-corrected chi connectivity index (χ2v) is 8.67. The zero-order chi connectivity index (χ0) is 20.4. The molecule has 9 heteroatoms. The third-order valence-corrected chi connectivity index (χ3v) is 6.27. The number of aromatic nitrogens is 3. The number of halogens is 1. The topological polar surface area (TPSA) is 93.4 Å². The van der Waals surface area contributed by atoms with Gasteiger partial charge in [-0.2, -0.15) is 0 Å². The molecule has 3 heterocycles. The van der Waals surface area contributed by atoms with Gasteiger partial charge in [0.2, 0.25) is 9.84 Å². The van der Waals surface area contributed by atoms with E-state index in [1.165, 1.54) is 30.6 Å². The van der Waals surface area contributed by atoms with E-state index >= 15 is 0 Å². The summed E-state index contributed by atoms with van der Waals surface area (Å²) in [7, 11) is -3.71. The number of hydrogen-bond donors (Lipinski definition) is 1. The molecule has 0 spiro atoms. The number of benzene rings is 1. The van der Waals surface area contributed by atoms with Gasteiger partial charge in [-0.1, -0.05) is 23.7 Å². The fraction of sp³-hybridized carbons (Fsp3) is 0.0500. The van der Waals surface area contributed by atoms with E-state index in [1.54, 1.807) is 47.3 Å². The summed E-state index contributed by atoms with van der Waals surface area (Å²) in [6.45, 7) is 0.264. The van der Waals surface area contributed by atoms with Gasteiger partial charge in [-0.15, -0.1) is 0 Å². The smallest absolute Gasteiger partial charge is 0.253 e. The fourth-order valence-electron chi connectivity index (χ4n) is 2.80. The third-order valence-electron chi connectivity index (χ3n) is 4.33. The zero-order valence-electron chi connectivity index (χ0n) is 15.0. The molecule has 0 bridgehead atoms. The van der Waals surface area contributed by atoms with Gasteiger partial charge in [-0.25, -0.2) is 13.4 Å². The summed E-state index contributed by atoms with van der Waals surface area (Å²) in [5, 5.41) is 3.07. The molecular formula is C20H15ClN4O3S. The number of nitrogens with one attached hydrogen (secondary N) is 1. The number of carbonyl (C=O) groups excluding carboxylic acids is 1. The van der Waals surface area contributed by atoms with Crippen LogP contribution < -0.4 is 5.32 Å². The molecule has 146 valence electrons. The van der Waals surface area contributed by atoms with Gasteiger partial charge in [0.05, 0.1) is 20.4 Å². The summed E-state index contributed by atoms with van der Waals surface area (Å²) in [6, 6.07) is 11.1. The van der Waals surface area contributed by atoms with Gasteiger partial charge in [-0.3, -0.25) is 9.78 Å². The Kier molecular flexibility index (Phi) is 5.04. The molecule has 1 N–H and O–H groups in total. The highest BCUT2D eigenvalue weighted by molar-refractivity contribution is 7.91. The molecule has 4 aromatic rings. The van der Waals surface area contributed by atoms with E-state index in [0.717, 1.165) is 11.2 Å². The van der Waals surface area contributed by atoms with Gasteiger partial charge in [0.25, 0.3) is 5.91 Å². The lowest BCUT2D eigenvalue weighted by Crippen LogP contribution is -2.23. The molecule has 1 amide bonds. The van der Waals surface area contributed by atoms with Crippen LogP contribution in [0.3, 0.4) is 0 Å². The Morgan fingerprint density at radius 2 is 1.86 bits per heavy atom. The highest BCUT2D eigenvalue weighted by Crippen LogP contribution is 2.22. The normalized spacial score (nSPS) is 11.5. The molecule has 0 saturated carbocycles. The molecule has 3 aromatic heterocycles. The van der Waals surface area contributed by atoms with Crippen LogP contribution in [0.1, 0.15) is 15.9 Å². The summed E-state index contributed by atoms with van der Waals surface area (Å²) in [4.78, 5) is 20.5. The van der Waals surface area contributed by atoms with Crippen LogP contribution >= 0.6 is 11.6 Å². The van der Waals surface area contributed by atoms with Crippen LogP contribution in [-0.4, -0.2) is 28.7 Å². The van der Waals surface area contributed by atoms with Gasteiger partial charge in [0.1, 0.15) is 5.65 Å². The van der Waals surface area contributed by atoms with E-state index in [2.05, 4.69) is 15.3 Å². The minimum Gasteiger partial charge on any atom is -0.348 e. The van der Waals surface area contributed by atoms with Crippen LogP contribution in [0.5, 0.6) is 0 Å². The number of rotatable bonds is 5. The molecule has 4 rings (SSSR count). The number of nitrogens with zero attached hydrogens (tertiary/aromatic N) is 3. The Balaban J connectivity index is 1.46. The molecule has 0 aliphatic rings. The molecular weight excluding hydrogens is 412 g/mol. The molecule has 29 heavy (non-hydrogen) atoms. The van der Waals surface area contributed by atoms with Gasteiger partial charge in [0.15, 0.2) is 0 Å². The van der Waals surface area contributed by atoms with Crippen molar-refractivity contribution >= 4 is 33.0 Å². The minimum atomic E-state index is -3.71. The highest BCUT2D eigenvalue weighted by Gasteiger charge is 2.18. The molecule has 1 aromatic carbocycles. The molecule has 0 aliphatic heterocycles. The van der Waals surface area contributed by atoms with E-state index in [-0.39, 0.29) is 27.3 Å². The Morgan fingerprint density at radius 3 is 2.62 bits per heavy atom. The van der Waals surface area contributed by atoms with E-state index in [0.29, 0.717) is 5.56 Å². The van der Waals surface area contributed by atoms with Crippen molar-refractivity contribution in [1.29, 1.82) is 0 Å². The predicted molar refractivity (Wildman–Crippen MR) is 108 cm³/mol. The van der Waals surface area contributed by atoms with Crippen molar-refractivity contribution in [2.24, 2.45) is 0 Å². The SMILES string of the molecule is O=C(NCc1ccc(S(=O)(=O)c2cncc(Cl)c2)cc1)c1ccc2nccn2c1. The molecule has 0 radical (unpaired) electrons. The van der Waals surface area contributed by atoms with Crippen molar-refractivity contribution in [3.05, 3.63) is 89.6 Å². The average molecular weight is 427 g/mol. The first-order valence-corrected chi connectivity index (χ1v) is 10.4. The predicted octanol–water partition coefficient (Wildman–Crippen LogP) is 3.15. The molecule has 0 fully saturated rings. The number of sulfone groups is 1. The van der Waals surface area contributed by atoms with Crippen molar-refractivity contribution in [3.63, 3.8) is 0 Å². The highest BCUT2D eigenvalue weighted by atomic mass is 35.5. The average Bonchev–Trinajstić information content (AvgIpc) is 3.20. The lowest BCUT2D eigenvalue weighted by Gasteiger charge is -2.08. The number of amides is 1. The van der Waals surface area contributed by atoms with Crippen LogP contribution in [0.4, 0.5) is 0 Å². The van der Waals surface area contributed by atoms with Crippen molar-refractivity contribution < 1.29 is 13.2 Å². The Bertz CT molecular complexity index is 1300. The number of imidazole rings is 1. The first-order valence-electron chi connectivity index (χ1n) is 8.59. The van der Waals surface area contributed by atoms with Gasteiger partial charge >= 0.3 is 0 Å². The number of fused-ring (bicyclic) bond motifs is 1. The molecule has 7 nitrogen and oxygen atoms in total. The van der Waals surface area contributed by atoms with Crippen LogP contribution in [0, 0.1) is 0 Å². The number of pyridine rings is 2.